The largest absolute Gasteiger partial charge is 0.391 e. The van der Waals surface area contributed by atoms with Gasteiger partial charge in [-0.05, 0) is 6.07 Å². The Morgan fingerprint density at radius 3 is 2.77 bits per heavy atom. The molecule has 2 aliphatic heterocycles. The average molecular weight is 416 g/mol. The van der Waals surface area contributed by atoms with Crippen LogP contribution in [0.2, 0.25) is 0 Å². The Balaban J connectivity index is 1.50. The van der Waals surface area contributed by atoms with Crippen molar-refractivity contribution in [1.29, 1.82) is 0 Å². The highest BCUT2D eigenvalue weighted by Gasteiger charge is 2.37. The molecule has 162 valence electrons. The Hall–Kier alpha value is -2.72. The van der Waals surface area contributed by atoms with Crippen LogP contribution in [0.5, 0.6) is 0 Å². The number of aliphatic hydroxyl groups excluding tert-OH is 1. The molecular formula is C20H28N6O4. The number of carbonyl (C=O) groups is 1. The number of rotatable bonds is 4. The molecular weight excluding hydrogens is 388 g/mol. The van der Waals surface area contributed by atoms with E-state index < -0.39 is 12.1 Å². The quantitative estimate of drug-likeness (QED) is 0.757. The van der Waals surface area contributed by atoms with Crippen LogP contribution in [0, 0.1) is 0 Å². The molecule has 0 aliphatic carbocycles. The van der Waals surface area contributed by atoms with E-state index in [1.807, 2.05) is 25.7 Å². The highest BCUT2D eigenvalue weighted by Crippen LogP contribution is 2.28. The number of anilines is 3. The van der Waals surface area contributed by atoms with Gasteiger partial charge >= 0.3 is 0 Å². The molecule has 10 heteroatoms. The summed E-state index contributed by atoms with van der Waals surface area (Å²) < 4.78 is 10.7. The number of aliphatic hydroxyl groups is 1. The Bertz CT molecular complexity index is 889. The van der Waals surface area contributed by atoms with Crippen LogP contribution in [0.15, 0.2) is 22.9 Å². The molecule has 2 saturated heterocycles. The average Bonchev–Trinajstić information content (AvgIpc) is 3.35. The number of amides is 1. The van der Waals surface area contributed by atoms with Crippen molar-refractivity contribution < 1.29 is 19.2 Å². The molecule has 0 radical (unpaired) electrons. The van der Waals surface area contributed by atoms with Crippen molar-refractivity contribution in [1.82, 2.24) is 15.1 Å². The number of hydrogen-bond acceptors (Lipinski definition) is 9. The molecule has 2 N–H and O–H groups in total. The smallest absolute Gasteiger partial charge is 0.248 e. The third-order valence-corrected chi connectivity index (χ3v) is 5.30. The molecule has 2 aliphatic rings. The van der Waals surface area contributed by atoms with Crippen LogP contribution in [0.3, 0.4) is 0 Å². The van der Waals surface area contributed by atoms with Crippen molar-refractivity contribution in [3.8, 4) is 0 Å². The van der Waals surface area contributed by atoms with Crippen LogP contribution in [0.25, 0.3) is 0 Å². The lowest BCUT2D eigenvalue weighted by Crippen LogP contribution is -2.41. The molecule has 30 heavy (non-hydrogen) atoms. The molecule has 4 heterocycles. The molecule has 10 nitrogen and oxygen atoms in total. The molecule has 0 unspecified atom stereocenters. The van der Waals surface area contributed by atoms with E-state index in [2.05, 4.69) is 25.3 Å². The second-order valence-corrected chi connectivity index (χ2v) is 8.69. The minimum atomic E-state index is -0.620. The van der Waals surface area contributed by atoms with E-state index in [4.69, 9.17) is 9.26 Å². The minimum absolute atomic E-state index is 0.206. The van der Waals surface area contributed by atoms with Gasteiger partial charge in [0.25, 0.3) is 0 Å². The van der Waals surface area contributed by atoms with Crippen molar-refractivity contribution in [2.45, 2.75) is 44.8 Å². The summed E-state index contributed by atoms with van der Waals surface area (Å²) in [5.74, 6) is 2.00. The van der Waals surface area contributed by atoms with E-state index in [1.54, 1.807) is 18.3 Å². The first-order chi connectivity index (χ1) is 14.3. The zero-order valence-corrected chi connectivity index (χ0v) is 17.5. The van der Waals surface area contributed by atoms with Gasteiger partial charge in [0.1, 0.15) is 17.6 Å². The Morgan fingerprint density at radius 2 is 2.07 bits per heavy atom. The summed E-state index contributed by atoms with van der Waals surface area (Å²) in [7, 11) is 0. The van der Waals surface area contributed by atoms with Crippen molar-refractivity contribution in [2.75, 3.05) is 48.0 Å². The van der Waals surface area contributed by atoms with E-state index in [0.717, 1.165) is 13.1 Å². The Kier molecular flexibility index (Phi) is 5.61. The van der Waals surface area contributed by atoms with Crippen molar-refractivity contribution in [3.05, 3.63) is 24.1 Å². The Morgan fingerprint density at radius 1 is 1.30 bits per heavy atom. The Labute approximate surface area is 175 Å². The predicted octanol–water partition coefficient (Wildman–Crippen LogP) is 1.18. The third kappa shape index (κ3) is 4.39. The lowest BCUT2D eigenvalue weighted by atomic mass is 9.93. The van der Waals surface area contributed by atoms with Crippen LogP contribution >= 0.6 is 0 Å². The SMILES string of the molecule is CC(C)(C)c1cc(NC(=O)[C@@H]2C[C@@H](O)CN2c2ccnc(N3CCOCC3)n2)no1. The van der Waals surface area contributed by atoms with E-state index >= 15 is 0 Å². The standard InChI is InChI=1S/C20H28N6O4/c1-20(2,3)15-11-16(24-30-15)22-18(28)14-10-13(27)12-26(14)17-4-5-21-19(23-17)25-6-8-29-9-7-25/h4-5,11,13-14,27H,6-10,12H2,1-3H3,(H,22,24,28)/t13-,14+/m1/s1. The molecule has 0 aromatic carbocycles. The van der Waals surface area contributed by atoms with Crippen molar-refractivity contribution in [3.63, 3.8) is 0 Å². The first-order valence-corrected chi connectivity index (χ1v) is 10.2. The zero-order valence-electron chi connectivity index (χ0n) is 17.5. The molecule has 0 bridgehead atoms. The molecule has 4 rings (SSSR count). The maximum Gasteiger partial charge on any atom is 0.248 e. The van der Waals surface area contributed by atoms with E-state index in [-0.39, 0.29) is 11.3 Å². The number of β-amino-alcohol motifs (C(OH)–C–C–N with tert-alkyl or cyclic N) is 1. The summed E-state index contributed by atoms with van der Waals surface area (Å²) in [6, 6.07) is 2.92. The maximum absolute atomic E-state index is 13.0. The van der Waals surface area contributed by atoms with Crippen molar-refractivity contribution >= 4 is 23.5 Å². The number of ether oxygens (including phenoxy) is 1. The first-order valence-electron chi connectivity index (χ1n) is 10.2. The van der Waals surface area contributed by atoms with Crippen LogP contribution in [0.4, 0.5) is 17.6 Å². The minimum Gasteiger partial charge on any atom is -0.391 e. The second-order valence-electron chi connectivity index (χ2n) is 8.69. The van der Waals surface area contributed by atoms with E-state index in [9.17, 15) is 9.90 Å². The maximum atomic E-state index is 13.0. The van der Waals surface area contributed by atoms with Crippen LogP contribution in [-0.4, -0.2) is 71.1 Å². The van der Waals surface area contributed by atoms with Gasteiger partial charge in [-0.2, -0.15) is 4.98 Å². The molecule has 0 saturated carbocycles. The molecule has 2 atom stereocenters. The van der Waals surface area contributed by atoms with Crippen molar-refractivity contribution in [2.24, 2.45) is 0 Å². The summed E-state index contributed by atoms with van der Waals surface area (Å²) >= 11 is 0. The third-order valence-electron chi connectivity index (χ3n) is 5.30. The topological polar surface area (TPSA) is 117 Å². The second kappa shape index (κ2) is 8.19. The van der Waals surface area contributed by atoms with Gasteiger partial charge in [-0.3, -0.25) is 4.79 Å². The summed E-state index contributed by atoms with van der Waals surface area (Å²) in [4.78, 5) is 25.9. The molecule has 2 aromatic heterocycles. The van der Waals surface area contributed by atoms with Crippen LogP contribution in [0.1, 0.15) is 33.0 Å². The van der Waals surface area contributed by atoms with Gasteiger partial charge in [0.15, 0.2) is 5.82 Å². The number of aromatic nitrogens is 3. The van der Waals surface area contributed by atoms with Gasteiger partial charge in [0, 0.05) is 43.7 Å². The van der Waals surface area contributed by atoms with Crippen LogP contribution in [-0.2, 0) is 14.9 Å². The summed E-state index contributed by atoms with van der Waals surface area (Å²) in [5, 5.41) is 17.0. The van der Waals surface area contributed by atoms with Gasteiger partial charge in [-0.25, -0.2) is 4.98 Å². The lowest BCUT2D eigenvalue weighted by molar-refractivity contribution is -0.117. The normalized spacial score (nSPS) is 22.4. The molecule has 1 amide bonds. The lowest BCUT2D eigenvalue weighted by Gasteiger charge is -2.29. The van der Waals surface area contributed by atoms with Gasteiger partial charge in [-0.15, -0.1) is 0 Å². The summed E-state index contributed by atoms with van der Waals surface area (Å²) in [6.45, 7) is 9.06. The number of morpholine rings is 1. The summed E-state index contributed by atoms with van der Waals surface area (Å²) in [6.07, 6.45) is 1.37. The highest BCUT2D eigenvalue weighted by atomic mass is 16.5. The monoisotopic (exact) mass is 416 g/mol. The highest BCUT2D eigenvalue weighted by molar-refractivity contribution is 5.96. The van der Waals surface area contributed by atoms with Crippen LogP contribution < -0.4 is 15.1 Å². The fraction of sp³-hybridized carbons (Fsp3) is 0.600. The number of hydrogen-bond donors (Lipinski definition) is 2. The number of nitrogens with one attached hydrogen (secondary N) is 1. The summed E-state index contributed by atoms with van der Waals surface area (Å²) in [5.41, 5.74) is -0.206. The van der Waals surface area contributed by atoms with E-state index in [0.29, 0.717) is 49.5 Å². The fourth-order valence-electron chi connectivity index (χ4n) is 3.63. The van der Waals surface area contributed by atoms with Gasteiger partial charge < -0.3 is 29.5 Å². The van der Waals surface area contributed by atoms with Gasteiger partial charge in [0.05, 0.1) is 19.3 Å². The number of nitrogens with zero attached hydrogens (tertiary/aromatic N) is 5. The van der Waals surface area contributed by atoms with E-state index in [1.165, 1.54) is 0 Å². The molecule has 0 spiro atoms. The first kappa shape index (κ1) is 20.5. The van der Waals surface area contributed by atoms with Gasteiger partial charge in [-0.1, -0.05) is 25.9 Å². The van der Waals surface area contributed by atoms with Gasteiger partial charge in [0.2, 0.25) is 11.9 Å². The molecule has 2 aromatic rings. The predicted molar refractivity (Wildman–Crippen MR) is 111 cm³/mol. The fourth-order valence-corrected chi connectivity index (χ4v) is 3.63. The molecule has 2 fully saturated rings. The zero-order chi connectivity index (χ0) is 21.3. The number of carbonyl (C=O) groups excluding carboxylic acids is 1.